The van der Waals surface area contributed by atoms with Crippen molar-refractivity contribution in [1.82, 2.24) is 10.2 Å². The molecule has 1 aromatic rings. The first-order valence-electron chi connectivity index (χ1n) is 6.71. The number of carbonyl (C=O) groups is 3. The largest absolute Gasteiger partial charge is 0.331 e. The molecule has 1 aliphatic carbocycles. The third kappa shape index (κ3) is 1.73. The molecule has 2 fully saturated rings. The van der Waals surface area contributed by atoms with Gasteiger partial charge in [0.2, 0.25) is 11.8 Å². The molecule has 1 saturated carbocycles. The SMILES string of the molecule is Cc1ccc(C(C)N2C(=O)NC(=O)C3(CC3)C2=O)cc1. The van der Waals surface area contributed by atoms with Gasteiger partial charge in [0, 0.05) is 0 Å². The highest BCUT2D eigenvalue weighted by Crippen LogP contribution is 2.50. The van der Waals surface area contributed by atoms with Crippen molar-refractivity contribution in [3.63, 3.8) is 0 Å². The Morgan fingerprint density at radius 2 is 1.75 bits per heavy atom. The number of rotatable bonds is 2. The van der Waals surface area contributed by atoms with E-state index in [0.717, 1.165) is 11.1 Å². The summed E-state index contributed by atoms with van der Waals surface area (Å²) >= 11 is 0. The van der Waals surface area contributed by atoms with Crippen LogP contribution in [0.25, 0.3) is 0 Å². The fraction of sp³-hybridized carbons (Fsp3) is 0.400. The van der Waals surface area contributed by atoms with Gasteiger partial charge in [-0.1, -0.05) is 29.8 Å². The van der Waals surface area contributed by atoms with Gasteiger partial charge in [-0.05, 0) is 32.3 Å². The summed E-state index contributed by atoms with van der Waals surface area (Å²) in [6, 6.07) is 6.68. The van der Waals surface area contributed by atoms with Crippen LogP contribution in [-0.4, -0.2) is 22.7 Å². The van der Waals surface area contributed by atoms with Crippen LogP contribution in [0.2, 0.25) is 0 Å². The summed E-state index contributed by atoms with van der Waals surface area (Å²) in [6.07, 6.45) is 1.06. The van der Waals surface area contributed by atoms with Gasteiger partial charge in [-0.15, -0.1) is 0 Å². The highest BCUT2D eigenvalue weighted by Gasteiger charge is 2.62. The molecule has 4 amide bonds. The predicted molar refractivity (Wildman–Crippen MR) is 71.6 cm³/mol. The molecule has 0 radical (unpaired) electrons. The number of imide groups is 2. The van der Waals surface area contributed by atoms with Crippen LogP contribution in [0.3, 0.4) is 0 Å². The molecular formula is C15H16N2O3. The molecule has 3 rings (SSSR count). The molecule has 1 heterocycles. The highest BCUT2D eigenvalue weighted by molar-refractivity contribution is 6.21. The van der Waals surface area contributed by atoms with E-state index in [1.54, 1.807) is 6.92 Å². The molecule has 5 nitrogen and oxygen atoms in total. The van der Waals surface area contributed by atoms with E-state index in [9.17, 15) is 14.4 Å². The Balaban J connectivity index is 1.92. The maximum absolute atomic E-state index is 12.5. The van der Waals surface area contributed by atoms with Gasteiger partial charge < -0.3 is 0 Å². The fourth-order valence-corrected chi connectivity index (χ4v) is 2.61. The van der Waals surface area contributed by atoms with Gasteiger partial charge in [-0.2, -0.15) is 0 Å². The van der Waals surface area contributed by atoms with E-state index in [0.29, 0.717) is 12.8 Å². The Morgan fingerprint density at radius 3 is 2.30 bits per heavy atom. The van der Waals surface area contributed by atoms with Gasteiger partial charge in [0.05, 0.1) is 6.04 Å². The predicted octanol–water partition coefficient (Wildman–Crippen LogP) is 1.91. The van der Waals surface area contributed by atoms with Crippen molar-refractivity contribution in [2.45, 2.75) is 32.7 Å². The van der Waals surface area contributed by atoms with Crippen LogP contribution in [0.15, 0.2) is 24.3 Å². The Morgan fingerprint density at radius 1 is 1.15 bits per heavy atom. The molecule has 1 aliphatic heterocycles. The summed E-state index contributed by atoms with van der Waals surface area (Å²) in [4.78, 5) is 37.4. The number of carbonyl (C=O) groups excluding carboxylic acids is 3. The lowest BCUT2D eigenvalue weighted by Crippen LogP contribution is -2.59. The Labute approximate surface area is 116 Å². The summed E-state index contributed by atoms with van der Waals surface area (Å²) in [7, 11) is 0. The molecule has 1 saturated heterocycles. The molecular weight excluding hydrogens is 256 g/mol. The van der Waals surface area contributed by atoms with Crippen LogP contribution < -0.4 is 5.32 Å². The molecule has 20 heavy (non-hydrogen) atoms. The number of aryl methyl sites for hydroxylation is 1. The lowest BCUT2D eigenvalue weighted by Gasteiger charge is -2.34. The highest BCUT2D eigenvalue weighted by atomic mass is 16.2. The van der Waals surface area contributed by atoms with Crippen molar-refractivity contribution < 1.29 is 14.4 Å². The third-order valence-corrected chi connectivity index (χ3v) is 4.20. The lowest BCUT2D eigenvalue weighted by atomic mass is 9.98. The zero-order valence-electron chi connectivity index (χ0n) is 11.5. The van der Waals surface area contributed by atoms with Crippen molar-refractivity contribution in [2.75, 3.05) is 0 Å². The van der Waals surface area contributed by atoms with Gasteiger partial charge in [0.15, 0.2) is 0 Å². The molecule has 1 N–H and O–H groups in total. The first-order chi connectivity index (χ1) is 9.45. The number of amides is 4. The van der Waals surface area contributed by atoms with E-state index in [2.05, 4.69) is 5.32 Å². The fourth-order valence-electron chi connectivity index (χ4n) is 2.61. The van der Waals surface area contributed by atoms with E-state index >= 15 is 0 Å². The third-order valence-electron chi connectivity index (χ3n) is 4.20. The van der Waals surface area contributed by atoms with E-state index in [-0.39, 0.29) is 11.9 Å². The Hall–Kier alpha value is -2.17. The second-order valence-electron chi connectivity index (χ2n) is 5.60. The molecule has 1 aromatic carbocycles. The minimum atomic E-state index is -0.979. The van der Waals surface area contributed by atoms with Crippen LogP contribution in [-0.2, 0) is 9.59 Å². The molecule has 1 spiro atoms. The smallest absolute Gasteiger partial charge is 0.277 e. The van der Waals surface area contributed by atoms with Gasteiger partial charge >= 0.3 is 6.03 Å². The van der Waals surface area contributed by atoms with E-state index in [1.165, 1.54) is 4.90 Å². The summed E-state index contributed by atoms with van der Waals surface area (Å²) < 4.78 is 0. The number of nitrogens with one attached hydrogen (secondary N) is 1. The van der Waals surface area contributed by atoms with Crippen LogP contribution in [0.1, 0.15) is 36.9 Å². The Bertz CT molecular complexity index is 602. The number of barbiturate groups is 1. The van der Waals surface area contributed by atoms with Crippen LogP contribution in [0.4, 0.5) is 4.79 Å². The average molecular weight is 272 g/mol. The van der Waals surface area contributed by atoms with E-state index in [1.807, 2.05) is 31.2 Å². The number of nitrogens with zero attached hydrogens (tertiary/aromatic N) is 1. The van der Waals surface area contributed by atoms with Crippen molar-refractivity contribution in [3.05, 3.63) is 35.4 Å². The molecule has 0 bridgehead atoms. The van der Waals surface area contributed by atoms with Crippen LogP contribution >= 0.6 is 0 Å². The van der Waals surface area contributed by atoms with Gasteiger partial charge in [-0.3, -0.25) is 19.8 Å². The van der Waals surface area contributed by atoms with Crippen LogP contribution in [0.5, 0.6) is 0 Å². The van der Waals surface area contributed by atoms with E-state index < -0.39 is 17.4 Å². The molecule has 104 valence electrons. The van der Waals surface area contributed by atoms with Crippen molar-refractivity contribution >= 4 is 17.8 Å². The maximum atomic E-state index is 12.5. The number of hydrogen-bond acceptors (Lipinski definition) is 3. The molecule has 1 unspecified atom stereocenters. The molecule has 0 aromatic heterocycles. The van der Waals surface area contributed by atoms with Crippen molar-refractivity contribution in [3.8, 4) is 0 Å². The van der Waals surface area contributed by atoms with Crippen molar-refractivity contribution in [2.24, 2.45) is 5.41 Å². The first-order valence-corrected chi connectivity index (χ1v) is 6.71. The molecule has 5 heteroatoms. The summed E-state index contributed by atoms with van der Waals surface area (Å²) in [6.45, 7) is 3.78. The molecule has 1 atom stereocenters. The van der Waals surface area contributed by atoms with E-state index in [4.69, 9.17) is 0 Å². The number of urea groups is 1. The zero-order valence-corrected chi connectivity index (χ0v) is 11.5. The van der Waals surface area contributed by atoms with Crippen LogP contribution in [0, 0.1) is 12.3 Å². The van der Waals surface area contributed by atoms with Gasteiger partial charge in [-0.25, -0.2) is 4.79 Å². The summed E-state index contributed by atoms with van der Waals surface area (Å²) in [5.74, 6) is -0.806. The van der Waals surface area contributed by atoms with Gasteiger partial charge in [0.25, 0.3) is 0 Å². The standard InChI is InChI=1S/C15H16N2O3/c1-9-3-5-11(6-4-9)10(2)17-13(19)15(7-8-15)12(18)16-14(17)20/h3-6,10H,7-8H2,1-2H3,(H,16,18,20). The summed E-state index contributed by atoms with van der Waals surface area (Å²) in [5, 5.41) is 2.30. The number of benzene rings is 1. The normalized spacial score (nSPS) is 21.9. The minimum absolute atomic E-state index is 0.362. The lowest BCUT2D eigenvalue weighted by molar-refractivity contribution is -0.146. The van der Waals surface area contributed by atoms with Crippen molar-refractivity contribution in [1.29, 1.82) is 0 Å². The average Bonchev–Trinajstić information content (AvgIpc) is 3.19. The van der Waals surface area contributed by atoms with Gasteiger partial charge in [0.1, 0.15) is 5.41 Å². The topological polar surface area (TPSA) is 66.5 Å². The minimum Gasteiger partial charge on any atom is -0.277 e. The molecule has 2 aliphatic rings. The zero-order chi connectivity index (χ0) is 14.5. The second kappa shape index (κ2) is 4.16. The Kier molecular flexibility index (Phi) is 2.67. The first kappa shape index (κ1) is 12.8. The maximum Gasteiger partial charge on any atom is 0.331 e. The monoisotopic (exact) mass is 272 g/mol. The number of hydrogen-bond donors (Lipinski definition) is 1. The quantitative estimate of drug-likeness (QED) is 0.836. The summed E-state index contributed by atoms with van der Waals surface area (Å²) in [5.41, 5.74) is 1.01. The second-order valence-corrected chi connectivity index (χ2v) is 5.60.